The summed E-state index contributed by atoms with van der Waals surface area (Å²) < 4.78 is 0. The highest BCUT2D eigenvalue weighted by atomic mass is 16.3. The first-order valence-electron chi connectivity index (χ1n) is 5.36. The first-order valence-corrected chi connectivity index (χ1v) is 5.36. The lowest BCUT2D eigenvalue weighted by Gasteiger charge is -2.19. The molecule has 0 aliphatic carbocycles. The maximum absolute atomic E-state index is 11.8. The molecule has 0 aliphatic heterocycles. The van der Waals surface area contributed by atoms with Gasteiger partial charge in [-0.25, -0.2) is 4.98 Å². The van der Waals surface area contributed by atoms with Gasteiger partial charge in [-0.1, -0.05) is 13.8 Å². The highest BCUT2D eigenvalue weighted by molar-refractivity contribution is 5.92. The molecule has 0 aromatic carbocycles. The Labute approximate surface area is 100 Å². The van der Waals surface area contributed by atoms with Crippen LogP contribution in [0, 0.1) is 17.2 Å². The first-order chi connectivity index (χ1) is 8.08. The van der Waals surface area contributed by atoms with Crippen molar-refractivity contribution in [2.75, 3.05) is 6.61 Å². The first kappa shape index (κ1) is 13.1. The fraction of sp³-hybridized carbons (Fsp3) is 0.417. The van der Waals surface area contributed by atoms with Crippen LogP contribution < -0.4 is 5.32 Å². The molecule has 1 atom stereocenters. The third-order valence-corrected chi connectivity index (χ3v) is 2.44. The lowest BCUT2D eigenvalue weighted by molar-refractivity contribution is 0.0892. The van der Waals surface area contributed by atoms with Crippen LogP contribution in [0.2, 0.25) is 0 Å². The summed E-state index contributed by atoms with van der Waals surface area (Å²) in [6.07, 6.45) is 1.35. The predicted octanol–water partition coefficient (Wildman–Crippen LogP) is 0.700. The second-order valence-corrected chi connectivity index (χ2v) is 4.05. The van der Waals surface area contributed by atoms with Crippen molar-refractivity contribution in [3.63, 3.8) is 0 Å². The summed E-state index contributed by atoms with van der Waals surface area (Å²) in [4.78, 5) is 15.6. The number of hydrogen-bond acceptors (Lipinski definition) is 4. The second-order valence-electron chi connectivity index (χ2n) is 4.05. The molecule has 17 heavy (non-hydrogen) atoms. The molecule has 90 valence electrons. The van der Waals surface area contributed by atoms with Crippen LogP contribution >= 0.6 is 0 Å². The molecule has 2 N–H and O–H groups in total. The van der Waals surface area contributed by atoms with Gasteiger partial charge >= 0.3 is 0 Å². The predicted molar refractivity (Wildman–Crippen MR) is 62.1 cm³/mol. The lowest BCUT2D eigenvalue weighted by atomic mass is 10.1. The number of amides is 1. The number of nitrogens with one attached hydrogen (secondary N) is 1. The number of nitrogens with zero attached hydrogens (tertiary/aromatic N) is 2. The van der Waals surface area contributed by atoms with Gasteiger partial charge in [0.2, 0.25) is 0 Å². The summed E-state index contributed by atoms with van der Waals surface area (Å²) in [7, 11) is 0. The van der Waals surface area contributed by atoms with Crippen LogP contribution in [0.15, 0.2) is 18.3 Å². The molecule has 0 spiro atoms. The van der Waals surface area contributed by atoms with Gasteiger partial charge < -0.3 is 10.4 Å². The zero-order valence-corrected chi connectivity index (χ0v) is 9.84. The quantitative estimate of drug-likeness (QED) is 0.801. The minimum atomic E-state index is -0.345. The Morgan fingerprint density at radius 2 is 2.29 bits per heavy atom. The Morgan fingerprint density at radius 3 is 2.71 bits per heavy atom. The van der Waals surface area contributed by atoms with Crippen molar-refractivity contribution in [1.29, 1.82) is 5.26 Å². The van der Waals surface area contributed by atoms with E-state index in [9.17, 15) is 4.79 Å². The number of aliphatic hydroxyl groups is 1. The van der Waals surface area contributed by atoms with Crippen molar-refractivity contribution in [2.45, 2.75) is 19.9 Å². The van der Waals surface area contributed by atoms with Crippen molar-refractivity contribution >= 4 is 5.91 Å². The Balaban J connectivity index is 2.73. The van der Waals surface area contributed by atoms with E-state index in [0.29, 0.717) is 5.56 Å². The topological polar surface area (TPSA) is 86.0 Å². The molecule has 0 radical (unpaired) electrons. The molecule has 0 saturated heterocycles. The number of carbonyl (C=O) groups excluding carboxylic acids is 1. The molecule has 1 rings (SSSR count). The molecular weight excluding hydrogens is 218 g/mol. The Morgan fingerprint density at radius 1 is 1.59 bits per heavy atom. The lowest BCUT2D eigenvalue weighted by Crippen LogP contribution is -2.41. The fourth-order valence-electron chi connectivity index (χ4n) is 1.26. The van der Waals surface area contributed by atoms with Gasteiger partial charge in [0.25, 0.3) is 5.91 Å². The fourth-order valence-corrected chi connectivity index (χ4v) is 1.26. The molecule has 0 bridgehead atoms. The number of nitriles is 1. The van der Waals surface area contributed by atoms with Crippen LogP contribution in [0.5, 0.6) is 0 Å². The van der Waals surface area contributed by atoms with E-state index in [4.69, 9.17) is 10.4 Å². The Bertz CT molecular complexity index is 420. The molecule has 0 fully saturated rings. The normalized spacial score (nSPS) is 11.9. The molecule has 1 amide bonds. The van der Waals surface area contributed by atoms with Gasteiger partial charge in [0.15, 0.2) is 0 Å². The number of hydrogen-bond donors (Lipinski definition) is 2. The standard InChI is InChI=1S/C12H15N3O2/c1-8(2)11(7-16)15-12(17)10-4-3-9(5-13)6-14-10/h3-4,6,8,11,16H,7H2,1-2H3,(H,15,17). The third kappa shape index (κ3) is 3.54. The number of rotatable bonds is 4. The van der Waals surface area contributed by atoms with Gasteiger partial charge in [-0.05, 0) is 18.1 Å². The maximum atomic E-state index is 11.8. The zero-order valence-electron chi connectivity index (χ0n) is 9.84. The average molecular weight is 233 g/mol. The summed E-state index contributed by atoms with van der Waals surface area (Å²) in [5.74, 6) is -0.204. The summed E-state index contributed by atoms with van der Waals surface area (Å²) in [5, 5.41) is 20.4. The Kier molecular flexibility index (Phi) is 4.61. The van der Waals surface area contributed by atoms with Crippen molar-refractivity contribution in [3.05, 3.63) is 29.6 Å². The van der Waals surface area contributed by atoms with Gasteiger partial charge in [0.05, 0.1) is 18.2 Å². The highest BCUT2D eigenvalue weighted by Gasteiger charge is 2.16. The smallest absolute Gasteiger partial charge is 0.270 e. The number of aromatic nitrogens is 1. The SMILES string of the molecule is CC(C)C(CO)NC(=O)c1ccc(C#N)cn1. The maximum Gasteiger partial charge on any atom is 0.270 e. The summed E-state index contributed by atoms with van der Waals surface area (Å²) >= 11 is 0. The van der Waals surface area contributed by atoms with E-state index in [-0.39, 0.29) is 30.2 Å². The van der Waals surface area contributed by atoms with Gasteiger partial charge in [-0.15, -0.1) is 0 Å². The van der Waals surface area contributed by atoms with Gasteiger partial charge in [0.1, 0.15) is 11.8 Å². The van der Waals surface area contributed by atoms with Gasteiger partial charge in [0, 0.05) is 6.20 Å². The van der Waals surface area contributed by atoms with E-state index in [1.165, 1.54) is 18.3 Å². The average Bonchev–Trinajstić information content (AvgIpc) is 2.35. The van der Waals surface area contributed by atoms with E-state index in [0.717, 1.165) is 0 Å². The van der Waals surface area contributed by atoms with E-state index in [1.807, 2.05) is 19.9 Å². The minimum Gasteiger partial charge on any atom is -0.394 e. The van der Waals surface area contributed by atoms with E-state index in [2.05, 4.69) is 10.3 Å². The summed E-state index contributed by atoms with van der Waals surface area (Å²) in [6, 6.07) is 4.66. The largest absolute Gasteiger partial charge is 0.394 e. The van der Waals surface area contributed by atoms with E-state index >= 15 is 0 Å². The second kappa shape index (κ2) is 5.97. The molecule has 1 aromatic rings. The Hall–Kier alpha value is -1.93. The minimum absolute atomic E-state index is 0.111. The van der Waals surface area contributed by atoms with Crippen molar-refractivity contribution < 1.29 is 9.90 Å². The van der Waals surface area contributed by atoms with Crippen LogP contribution in [0.25, 0.3) is 0 Å². The molecular formula is C12H15N3O2. The van der Waals surface area contributed by atoms with Crippen LogP contribution in [0.4, 0.5) is 0 Å². The van der Waals surface area contributed by atoms with Crippen LogP contribution in [-0.2, 0) is 0 Å². The van der Waals surface area contributed by atoms with Crippen molar-refractivity contribution in [3.8, 4) is 6.07 Å². The molecule has 1 aromatic heterocycles. The van der Waals surface area contributed by atoms with Crippen LogP contribution in [-0.4, -0.2) is 28.6 Å². The third-order valence-electron chi connectivity index (χ3n) is 2.44. The molecule has 1 unspecified atom stereocenters. The summed E-state index contributed by atoms with van der Waals surface area (Å²) in [6.45, 7) is 3.71. The monoisotopic (exact) mass is 233 g/mol. The number of aliphatic hydroxyl groups excluding tert-OH is 1. The summed E-state index contributed by atoms with van der Waals surface area (Å²) in [5.41, 5.74) is 0.646. The van der Waals surface area contributed by atoms with Crippen LogP contribution in [0.3, 0.4) is 0 Å². The molecule has 0 saturated carbocycles. The van der Waals surface area contributed by atoms with Crippen LogP contribution in [0.1, 0.15) is 29.9 Å². The molecule has 5 heteroatoms. The van der Waals surface area contributed by atoms with Crippen molar-refractivity contribution in [2.24, 2.45) is 5.92 Å². The number of pyridine rings is 1. The van der Waals surface area contributed by atoms with Gasteiger partial charge in [-0.3, -0.25) is 4.79 Å². The number of carbonyl (C=O) groups is 1. The molecule has 5 nitrogen and oxygen atoms in total. The molecule has 0 aliphatic rings. The van der Waals surface area contributed by atoms with Crippen molar-refractivity contribution in [1.82, 2.24) is 10.3 Å². The van der Waals surface area contributed by atoms with E-state index < -0.39 is 0 Å². The highest BCUT2D eigenvalue weighted by Crippen LogP contribution is 2.03. The van der Waals surface area contributed by atoms with E-state index in [1.54, 1.807) is 0 Å². The van der Waals surface area contributed by atoms with Gasteiger partial charge in [-0.2, -0.15) is 5.26 Å². The zero-order chi connectivity index (χ0) is 12.8. The molecule has 1 heterocycles.